The van der Waals surface area contributed by atoms with Gasteiger partial charge in [0.2, 0.25) is 0 Å². The first-order valence-corrected chi connectivity index (χ1v) is 8.47. The molecule has 20 heavy (non-hydrogen) atoms. The molecule has 0 aromatic heterocycles. The first kappa shape index (κ1) is 18.0. The van der Waals surface area contributed by atoms with Crippen molar-refractivity contribution in [2.75, 3.05) is 20.6 Å². The van der Waals surface area contributed by atoms with Gasteiger partial charge in [-0.1, -0.05) is 44.4 Å². The third kappa shape index (κ3) is 5.36. The maximum absolute atomic E-state index is 6.01. The third-order valence-corrected chi connectivity index (χ3v) is 5.14. The average molecular weight is 362 g/mol. The molecule has 0 saturated carbocycles. The van der Waals surface area contributed by atoms with Gasteiger partial charge in [0.25, 0.3) is 0 Å². The molecular formula is C16H26BrClN2. The van der Waals surface area contributed by atoms with Crippen LogP contribution in [0.3, 0.4) is 0 Å². The predicted molar refractivity (Wildman–Crippen MR) is 92.4 cm³/mol. The van der Waals surface area contributed by atoms with E-state index < -0.39 is 0 Å². The van der Waals surface area contributed by atoms with Crippen LogP contribution in [-0.2, 0) is 6.54 Å². The van der Waals surface area contributed by atoms with Crippen LogP contribution in [0, 0.1) is 5.92 Å². The summed E-state index contributed by atoms with van der Waals surface area (Å²) in [7, 11) is 4.34. The van der Waals surface area contributed by atoms with E-state index >= 15 is 0 Å². The number of hydrogen-bond acceptors (Lipinski definition) is 2. The van der Waals surface area contributed by atoms with E-state index in [9.17, 15) is 0 Å². The lowest BCUT2D eigenvalue weighted by Gasteiger charge is -2.31. The third-order valence-electron chi connectivity index (χ3n) is 3.92. The van der Waals surface area contributed by atoms with Gasteiger partial charge in [-0.3, -0.25) is 0 Å². The van der Waals surface area contributed by atoms with E-state index in [0.29, 0.717) is 6.04 Å². The molecule has 1 unspecified atom stereocenters. The summed E-state index contributed by atoms with van der Waals surface area (Å²) < 4.78 is 0.961. The van der Waals surface area contributed by atoms with Crippen LogP contribution in [0.5, 0.6) is 0 Å². The lowest BCUT2D eigenvalue weighted by molar-refractivity contribution is 0.194. The first-order valence-electron chi connectivity index (χ1n) is 7.30. The van der Waals surface area contributed by atoms with Crippen LogP contribution in [-0.4, -0.2) is 31.6 Å². The Morgan fingerprint density at radius 2 is 1.90 bits per heavy atom. The molecule has 1 N–H and O–H groups in total. The van der Waals surface area contributed by atoms with E-state index in [2.05, 4.69) is 66.2 Å². The maximum atomic E-state index is 6.01. The van der Waals surface area contributed by atoms with Crippen LogP contribution in [0.15, 0.2) is 22.7 Å². The quantitative estimate of drug-likeness (QED) is 0.730. The molecule has 114 valence electrons. The van der Waals surface area contributed by atoms with Gasteiger partial charge in [0.05, 0.1) is 5.02 Å². The predicted octanol–water partition coefficient (Wildman–Crippen LogP) is 4.56. The zero-order chi connectivity index (χ0) is 15.1. The van der Waals surface area contributed by atoms with E-state index in [4.69, 9.17) is 11.6 Å². The van der Waals surface area contributed by atoms with Crippen molar-refractivity contribution >= 4 is 27.5 Å². The second-order valence-corrected chi connectivity index (χ2v) is 6.75. The van der Waals surface area contributed by atoms with Gasteiger partial charge in [0.15, 0.2) is 0 Å². The molecular weight excluding hydrogens is 336 g/mol. The minimum absolute atomic E-state index is 0.584. The maximum Gasteiger partial charge on any atom is 0.0548 e. The summed E-state index contributed by atoms with van der Waals surface area (Å²) in [4.78, 5) is 2.34. The molecule has 1 aromatic rings. The van der Waals surface area contributed by atoms with Crippen molar-refractivity contribution in [3.8, 4) is 0 Å². The molecule has 4 heteroatoms. The molecule has 0 bridgehead atoms. The summed E-state index contributed by atoms with van der Waals surface area (Å²) in [5.74, 6) is 0.745. The van der Waals surface area contributed by atoms with Crippen molar-refractivity contribution in [1.82, 2.24) is 10.2 Å². The molecule has 0 heterocycles. The van der Waals surface area contributed by atoms with Crippen molar-refractivity contribution in [1.29, 1.82) is 0 Å². The molecule has 0 aliphatic carbocycles. The van der Waals surface area contributed by atoms with Crippen molar-refractivity contribution in [3.05, 3.63) is 33.3 Å². The zero-order valence-corrected chi connectivity index (χ0v) is 15.3. The highest BCUT2D eigenvalue weighted by Crippen LogP contribution is 2.23. The van der Waals surface area contributed by atoms with Gasteiger partial charge in [0, 0.05) is 23.6 Å². The van der Waals surface area contributed by atoms with Crippen LogP contribution in [0.4, 0.5) is 0 Å². The number of nitrogens with zero attached hydrogens (tertiary/aromatic N) is 1. The highest BCUT2D eigenvalue weighted by atomic mass is 79.9. The highest BCUT2D eigenvalue weighted by molar-refractivity contribution is 9.10. The van der Waals surface area contributed by atoms with Gasteiger partial charge in [-0.15, -0.1) is 0 Å². The molecule has 1 aromatic carbocycles. The minimum atomic E-state index is 0.584. The summed E-state index contributed by atoms with van der Waals surface area (Å²) in [6.45, 7) is 6.45. The minimum Gasteiger partial charge on any atom is -0.311 e. The van der Waals surface area contributed by atoms with Gasteiger partial charge < -0.3 is 10.2 Å². The average Bonchev–Trinajstić information content (AvgIpc) is 2.42. The molecule has 0 radical (unpaired) electrons. The fourth-order valence-electron chi connectivity index (χ4n) is 2.62. The molecule has 0 fully saturated rings. The molecule has 1 rings (SSSR count). The van der Waals surface area contributed by atoms with Crippen molar-refractivity contribution in [2.45, 2.75) is 39.3 Å². The van der Waals surface area contributed by atoms with Gasteiger partial charge in [-0.2, -0.15) is 0 Å². The van der Waals surface area contributed by atoms with Crippen LogP contribution in [0.25, 0.3) is 0 Å². The van der Waals surface area contributed by atoms with Gasteiger partial charge in [-0.25, -0.2) is 0 Å². The van der Waals surface area contributed by atoms with E-state index in [1.54, 1.807) is 0 Å². The SMILES string of the molecule is CCC(CC)C(CNCc1ccc(Cl)c(Br)c1)N(C)C. The Balaban J connectivity index is 2.53. The number of likely N-dealkylation sites (N-methyl/N-ethyl adjacent to an activating group) is 1. The number of nitrogens with one attached hydrogen (secondary N) is 1. The normalized spacial score (nSPS) is 13.2. The Hall–Kier alpha value is -0.0900. The van der Waals surface area contributed by atoms with Crippen LogP contribution >= 0.6 is 27.5 Å². The Bertz CT molecular complexity index is 405. The van der Waals surface area contributed by atoms with Crippen molar-refractivity contribution in [2.24, 2.45) is 5.92 Å². The summed E-state index contributed by atoms with van der Waals surface area (Å²) >= 11 is 9.48. The molecule has 0 aliphatic rings. The Morgan fingerprint density at radius 1 is 1.25 bits per heavy atom. The standard InChI is InChI=1S/C16H26BrClN2/c1-5-13(6-2)16(20(3)4)11-19-10-12-7-8-15(18)14(17)9-12/h7-9,13,16,19H,5-6,10-11H2,1-4H3. The van der Waals surface area contributed by atoms with E-state index in [1.165, 1.54) is 18.4 Å². The second kappa shape index (κ2) is 9.04. The summed E-state index contributed by atoms with van der Waals surface area (Å²) in [6.07, 6.45) is 2.46. The molecule has 0 aliphatic heterocycles. The molecule has 0 spiro atoms. The van der Waals surface area contributed by atoms with Gasteiger partial charge in [0.1, 0.15) is 0 Å². The van der Waals surface area contributed by atoms with E-state index in [-0.39, 0.29) is 0 Å². The largest absolute Gasteiger partial charge is 0.311 e. The van der Waals surface area contributed by atoms with E-state index in [1.807, 2.05) is 6.07 Å². The fraction of sp³-hybridized carbons (Fsp3) is 0.625. The van der Waals surface area contributed by atoms with Gasteiger partial charge >= 0.3 is 0 Å². The highest BCUT2D eigenvalue weighted by Gasteiger charge is 2.19. The zero-order valence-electron chi connectivity index (χ0n) is 12.9. The number of rotatable bonds is 8. The summed E-state index contributed by atoms with van der Waals surface area (Å²) in [5, 5.41) is 4.33. The Kier molecular flexibility index (Phi) is 8.11. The molecule has 0 amide bonds. The molecule has 0 saturated heterocycles. The van der Waals surface area contributed by atoms with E-state index in [0.717, 1.165) is 28.5 Å². The number of halogens is 2. The van der Waals surface area contributed by atoms with Crippen molar-refractivity contribution in [3.63, 3.8) is 0 Å². The monoisotopic (exact) mass is 360 g/mol. The fourth-order valence-corrected chi connectivity index (χ4v) is 3.16. The smallest absolute Gasteiger partial charge is 0.0548 e. The van der Waals surface area contributed by atoms with Gasteiger partial charge in [-0.05, 0) is 53.6 Å². The number of hydrogen-bond donors (Lipinski definition) is 1. The lowest BCUT2D eigenvalue weighted by Crippen LogP contribution is -2.42. The van der Waals surface area contributed by atoms with Crippen LogP contribution in [0.2, 0.25) is 5.02 Å². The van der Waals surface area contributed by atoms with Crippen LogP contribution in [0.1, 0.15) is 32.3 Å². The van der Waals surface area contributed by atoms with Crippen LogP contribution < -0.4 is 5.32 Å². The first-order chi connectivity index (χ1) is 9.49. The van der Waals surface area contributed by atoms with Crippen molar-refractivity contribution < 1.29 is 0 Å². The Morgan fingerprint density at radius 3 is 2.40 bits per heavy atom. The topological polar surface area (TPSA) is 15.3 Å². The number of benzene rings is 1. The second-order valence-electron chi connectivity index (χ2n) is 5.49. The molecule has 1 atom stereocenters. The summed E-state index contributed by atoms with van der Waals surface area (Å²) in [6, 6.07) is 6.67. The lowest BCUT2D eigenvalue weighted by atomic mass is 9.93. The molecule has 2 nitrogen and oxygen atoms in total. The summed E-state index contributed by atoms with van der Waals surface area (Å²) in [5.41, 5.74) is 1.25. The Labute approximate surface area is 137 Å².